The highest BCUT2D eigenvalue weighted by molar-refractivity contribution is 5.89. The van der Waals surface area contributed by atoms with Gasteiger partial charge in [0, 0.05) is 18.5 Å². The van der Waals surface area contributed by atoms with Crippen LogP contribution in [0, 0.1) is 6.92 Å². The molecule has 0 spiro atoms. The highest BCUT2D eigenvalue weighted by Gasteiger charge is 2.14. The van der Waals surface area contributed by atoms with Crippen LogP contribution in [-0.4, -0.2) is 15.7 Å². The van der Waals surface area contributed by atoms with Crippen LogP contribution in [0.3, 0.4) is 0 Å². The third kappa shape index (κ3) is 3.50. The first kappa shape index (κ1) is 16.8. The van der Waals surface area contributed by atoms with Crippen molar-refractivity contribution in [2.24, 2.45) is 0 Å². The topological polar surface area (TPSA) is 74.3 Å². The molecule has 6 nitrogen and oxygen atoms in total. The second-order valence-corrected chi connectivity index (χ2v) is 6.17. The fraction of sp³-hybridized carbons (Fsp3) is 0.0952. The number of aryl methyl sites for hydroxylation is 1. The lowest BCUT2D eigenvalue weighted by atomic mass is 10.1. The van der Waals surface area contributed by atoms with Gasteiger partial charge in [0.1, 0.15) is 12.2 Å². The molecule has 2 aromatic heterocycles. The molecule has 0 aliphatic heterocycles. The minimum Gasteiger partial charge on any atom is -0.455 e. The lowest BCUT2D eigenvalue weighted by Crippen LogP contribution is -2.10. The molecule has 0 unspecified atom stereocenters. The van der Waals surface area contributed by atoms with Gasteiger partial charge in [-0.05, 0) is 42.8 Å². The van der Waals surface area contributed by atoms with Crippen molar-refractivity contribution in [3.8, 4) is 5.69 Å². The van der Waals surface area contributed by atoms with Gasteiger partial charge in [0.2, 0.25) is 5.76 Å². The molecule has 0 saturated heterocycles. The predicted octanol–water partition coefficient (Wildman–Crippen LogP) is 3.64. The fourth-order valence-electron chi connectivity index (χ4n) is 2.76. The van der Waals surface area contributed by atoms with E-state index in [1.165, 1.54) is 6.07 Å². The van der Waals surface area contributed by atoms with Crippen LogP contribution in [0.1, 0.15) is 21.7 Å². The number of ether oxygens (including phenoxy) is 1. The Kier molecular flexibility index (Phi) is 4.30. The lowest BCUT2D eigenvalue weighted by molar-refractivity contribution is 0.0436. The second-order valence-electron chi connectivity index (χ2n) is 6.17. The number of hydrogen-bond acceptors (Lipinski definition) is 5. The number of nitrogens with zero attached hydrogens (tertiary/aromatic N) is 2. The Morgan fingerprint density at radius 3 is 2.70 bits per heavy atom. The number of aromatic nitrogens is 2. The van der Waals surface area contributed by atoms with Crippen molar-refractivity contribution in [3.05, 3.63) is 94.1 Å². The van der Waals surface area contributed by atoms with Gasteiger partial charge in [-0.15, -0.1) is 0 Å². The van der Waals surface area contributed by atoms with Crippen LogP contribution < -0.4 is 5.43 Å². The Balaban J connectivity index is 1.48. The first-order valence-electron chi connectivity index (χ1n) is 8.41. The van der Waals surface area contributed by atoms with E-state index in [0.717, 1.165) is 16.8 Å². The molecule has 0 aliphatic rings. The molecule has 2 heterocycles. The van der Waals surface area contributed by atoms with Crippen molar-refractivity contribution in [2.75, 3.05) is 0 Å². The molecule has 0 aliphatic carbocycles. The molecule has 134 valence electrons. The van der Waals surface area contributed by atoms with Gasteiger partial charge in [0.25, 0.3) is 0 Å². The zero-order valence-electron chi connectivity index (χ0n) is 14.6. The summed E-state index contributed by atoms with van der Waals surface area (Å²) in [5.74, 6) is -0.782. The molecule has 2 aromatic carbocycles. The zero-order chi connectivity index (χ0) is 18.8. The molecule has 0 atom stereocenters. The number of esters is 1. The Hall–Kier alpha value is -3.67. The summed E-state index contributed by atoms with van der Waals surface area (Å²) in [7, 11) is 0. The van der Waals surface area contributed by atoms with Crippen LogP contribution in [0.15, 0.2) is 76.2 Å². The molecule has 27 heavy (non-hydrogen) atoms. The van der Waals surface area contributed by atoms with Crippen molar-refractivity contribution in [1.29, 1.82) is 0 Å². The van der Waals surface area contributed by atoms with E-state index in [0.29, 0.717) is 11.0 Å². The summed E-state index contributed by atoms with van der Waals surface area (Å²) in [4.78, 5) is 24.5. The highest BCUT2D eigenvalue weighted by atomic mass is 16.5. The molecular formula is C21H16N2O4. The number of rotatable bonds is 4. The second kappa shape index (κ2) is 6.92. The Bertz CT molecular complexity index is 1160. The molecule has 6 heteroatoms. The van der Waals surface area contributed by atoms with Crippen LogP contribution >= 0.6 is 0 Å². The zero-order valence-corrected chi connectivity index (χ0v) is 14.6. The molecule has 0 saturated carbocycles. The Morgan fingerprint density at radius 2 is 1.96 bits per heavy atom. The van der Waals surface area contributed by atoms with Crippen molar-refractivity contribution in [2.45, 2.75) is 13.5 Å². The lowest BCUT2D eigenvalue weighted by Gasteiger charge is -2.07. The van der Waals surface area contributed by atoms with E-state index in [1.54, 1.807) is 23.0 Å². The van der Waals surface area contributed by atoms with Gasteiger partial charge in [-0.2, -0.15) is 5.10 Å². The summed E-state index contributed by atoms with van der Waals surface area (Å²) in [6, 6.07) is 15.7. The average molecular weight is 360 g/mol. The fourth-order valence-corrected chi connectivity index (χ4v) is 2.76. The largest absolute Gasteiger partial charge is 0.455 e. The normalized spacial score (nSPS) is 10.9. The monoisotopic (exact) mass is 360 g/mol. The maximum Gasteiger partial charge on any atom is 0.374 e. The van der Waals surface area contributed by atoms with Crippen LogP contribution in [0.5, 0.6) is 0 Å². The van der Waals surface area contributed by atoms with E-state index in [4.69, 9.17) is 9.15 Å². The predicted molar refractivity (Wildman–Crippen MR) is 99.9 cm³/mol. The van der Waals surface area contributed by atoms with Gasteiger partial charge in [-0.25, -0.2) is 9.48 Å². The third-order valence-corrected chi connectivity index (χ3v) is 4.16. The van der Waals surface area contributed by atoms with E-state index < -0.39 is 5.97 Å². The Labute approximate surface area is 154 Å². The molecule has 0 radical (unpaired) electrons. The molecule has 0 N–H and O–H groups in total. The molecule has 0 bridgehead atoms. The van der Waals surface area contributed by atoms with Crippen LogP contribution in [0.25, 0.3) is 16.7 Å². The number of fused-ring (bicyclic) bond motifs is 1. The van der Waals surface area contributed by atoms with Crippen LogP contribution in [0.4, 0.5) is 0 Å². The molecule has 4 aromatic rings. The van der Waals surface area contributed by atoms with Crippen molar-refractivity contribution in [3.63, 3.8) is 0 Å². The summed E-state index contributed by atoms with van der Waals surface area (Å²) in [5.41, 5.74) is 2.77. The third-order valence-electron chi connectivity index (χ3n) is 4.16. The van der Waals surface area contributed by atoms with E-state index in [1.807, 2.05) is 49.5 Å². The Morgan fingerprint density at radius 1 is 1.15 bits per heavy atom. The summed E-state index contributed by atoms with van der Waals surface area (Å²) >= 11 is 0. The van der Waals surface area contributed by atoms with Gasteiger partial charge >= 0.3 is 5.97 Å². The summed E-state index contributed by atoms with van der Waals surface area (Å²) in [6.07, 6.45) is 3.55. The van der Waals surface area contributed by atoms with Gasteiger partial charge in [0.15, 0.2) is 5.43 Å². The van der Waals surface area contributed by atoms with E-state index in [9.17, 15) is 9.59 Å². The first-order valence-corrected chi connectivity index (χ1v) is 8.41. The quantitative estimate of drug-likeness (QED) is 0.520. The first-order chi connectivity index (χ1) is 13.1. The summed E-state index contributed by atoms with van der Waals surface area (Å²) < 4.78 is 12.5. The molecule has 0 fully saturated rings. The van der Waals surface area contributed by atoms with Crippen molar-refractivity contribution >= 4 is 16.9 Å². The number of carbonyl (C=O) groups excluding carboxylic acids is 1. The van der Waals surface area contributed by atoms with Crippen LogP contribution in [-0.2, 0) is 11.3 Å². The summed E-state index contributed by atoms with van der Waals surface area (Å²) in [6.45, 7) is 1.96. The number of carbonyl (C=O) groups is 1. The van der Waals surface area contributed by atoms with Crippen molar-refractivity contribution in [1.82, 2.24) is 9.78 Å². The maximum absolute atomic E-state index is 12.3. The average Bonchev–Trinajstić information content (AvgIpc) is 3.22. The smallest absolute Gasteiger partial charge is 0.374 e. The summed E-state index contributed by atoms with van der Waals surface area (Å²) in [5, 5.41) is 4.60. The maximum atomic E-state index is 12.3. The highest BCUT2D eigenvalue weighted by Crippen LogP contribution is 2.16. The number of benzene rings is 2. The SMILES string of the molecule is Cc1ccc2oc(C(=O)OCc3ccc(-n4cccn4)cc3)cc(=O)c2c1. The minimum atomic E-state index is -0.675. The van der Waals surface area contributed by atoms with Gasteiger partial charge in [0.05, 0.1) is 11.1 Å². The molecule has 4 rings (SSSR count). The van der Waals surface area contributed by atoms with Crippen molar-refractivity contribution < 1.29 is 13.9 Å². The van der Waals surface area contributed by atoms with Crippen LogP contribution in [0.2, 0.25) is 0 Å². The molecule has 0 amide bonds. The van der Waals surface area contributed by atoms with E-state index >= 15 is 0 Å². The van der Waals surface area contributed by atoms with Gasteiger partial charge < -0.3 is 9.15 Å². The van der Waals surface area contributed by atoms with Gasteiger partial charge in [-0.1, -0.05) is 23.8 Å². The number of hydrogen-bond donors (Lipinski definition) is 0. The van der Waals surface area contributed by atoms with Gasteiger partial charge in [-0.3, -0.25) is 4.79 Å². The standard InChI is InChI=1S/C21H16N2O4/c1-14-3-8-19-17(11-14)18(24)12-20(27-19)21(25)26-13-15-4-6-16(7-5-15)23-10-2-9-22-23/h2-12H,13H2,1H3. The van der Waals surface area contributed by atoms with E-state index in [-0.39, 0.29) is 17.8 Å². The molecular weight excluding hydrogens is 344 g/mol. The van der Waals surface area contributed by atoms with E-state index in [2.05, 4.69) is 5.10 Å². The minimum absolute atomic E-state index is 0.0772.